The van der Waals surface area contributed by atoms with Gasteiger partial charge in [0, 0.05) is 21.7 Å². The number of rotatable bonds is 1. The molecule has 0 atom stereocenters. The molecule has 2 aliphatic rings. The number of hydrogen-bond donors (Lipinski definition) is 0. The predicted octanol–water partition coefficient (Wildman–Crippen LogP) is 6.61. The first kappa shape index (κ1) is 13.7. The van der Waals surface area contributed by atoms with Crippen molar-refractivity contribution >= 4 is 43.2 Å². The van der Waals surface area contributed by atoms with E-state index in [9.17, 15) is 0 Å². The molecule has 0 unspecified atom stereocenters. The zero-order valence-corrected chi connectivity index (χ0v) is 15.2. The van der Waals surface area contributed by atoms with Gasteiger partial charge in [-0.05, 0) is 62.7 Å². The molecule has 28 heavy (non-hydrogen) atoms. The Bertz CT molecular complexity index is 1640. The third-order valence-corrected chi connectivity index (χ3v) is 6.99. The summed E-state index contributed by atoms with van der Waals surface area (Å²) in [4.78, 5) is 5.19. The molecule has 0 saturated carbocycles. The number of hydrogen-bond acceptors (Lipinski definition) is 1. The Labute approximate surface area is 161 Å². The fraction of sp³-hybridized carbons (Fsp3) is 0.0741. The quantitative estimate of drug-likeness (QED) is 0.239. The van der Waals surface area contributed by atoms with E-state index in [-0.39, 0.29) is 0 Å². The molecule has 0 N–H and O–H groups in total. The van der Waals surface area contributed by atoms with Crippen molar-refractivity contribution in [1.29, 1.82) is 0 Å². The monoisotopic (exact) mass is 353 g/mol. The Morgan fingerprint density at radius 3 is 1.79 bits per heavy atom. The van der Waals surface area contributed by atoms with Gasteiger partial charge in [-0.2, -0.15) is 0 Å². The minimum Gasteiger partial charge on any atom is -0.247 e. The van der Waals surface area contributed by atoms with Crippen molar-refractivity contribution in [2.45, 2.75) is 12.8 Å². The largest absolute Gasteiger partial charge is 0.247 e. The van der Waals surface area contributed by atoms with Gasteiger partial charge in [0.15, 0.2) is 0 Å². The van der Waals surface area contributed by atoms with Crippen LogP contribution in [0.1, 0.15) is 22.3 Å². The van der Waals surface area contributed by atoms with Crippen LogP contribution in [0.25, 0.3) is 54.5 Å². The van der Waals surface area contributed by atoms with Crippen LogP contribution in [0.4, 0.5) is 0 Å². The van der Waals surface area contributed by atoms with Gasteiger partial charge < -0.3 is 0 Å². The molecule has 0 bridgehead atoms. The minimum atomic E-state index is 1.05. The fourth-order valence-corrected chi connectivity index (χ4v) is 5.91. The lowest BCUT2D eigenvalue weighted by Gasteiger charge is -2.16. The predicted molar refractivity (Wildman–Crippen MR) is 116 cm³/mol. The third-order valence-electron chi connectivity index (χ3n) is 6.99. The van der Waals surface area contributed by atoms with Gasteiger partial charge >= 0.3 is 0 Å². The Morgan fingerprint density at radius 1 is 0.500 bits per heavy atom. The van der Waals surface area contributed by atoms with Crippen LogP contribution in [0.5, 0.6) is 0 Å². The molecule has 5 aromatic carbocycles. The molecule has 1 heteroatoms. The van der Waals surface area contributed by atoms with Gasteiger partial charge in [-0.15, -0.1) is 0 Å². The van der Waals surface area contributed by atoms with Crippen LogP contribution in [0.2, 0.25) is 0 Å². The van der Waals surface area contributed by atoms with Gasteiger partial charge in [-0.1, -0.05) is 60.7 Å². The molecule has 128 valence electrons. The van der Waals surface area contributed by atoms with Crippen molar-refractivity contribution in [1.82, 2.24) is 4.98 Å². The van der Waals surface area contributed by atoms with E-state index in [1.54, 1.807) is 0 Å². The van der Waals surface area contributed by atoms with Gasteiger partial charge in [0.05, 0.1) is 11.2 Å². The van der Waals surface area contributed by atoms with Crippen LogP contribution < -0.4 is 0 Å². The molecule has 0 spiro atoms. The standard InChI is InChI=1S/C27H15N/c1-2-4-14(5-3-1)27-19-10-8-17-12-15-6-7-16-13-18-9-11-20(28-27)26-24(18)22(16)21(15)23(17)25(19)26/h1-11H,12-13H2. The number of benzene rings is 5. The Morgan fingerprint density at radius 2 is 1.07 bits per heavy atom. The Hall–Kier alpha value is -3.45. The molecule has 0 aliphatic heterocycles. The fourth-order valence-electron chi connectivity index (χ4n) is 5.91. The van der Waals surface area contributed by atoms with Crippen molar-refractivity contribution in [2.24, 2.45) is 0 Å². The maximum Gasteiger partial charge on any atom is 0.0788 e. The lowest BCUT2D eigenvalue weighted by Crippen LogP contribution is -1.93. The molecule has 1 nitrogen and oxygen atoms in total. The lowest BCUT2D eigenvalue weighted by atomic mass is 9.89. The second kappa shape index (κ2) is 4.34. The topological polar surface area (TPSA) is 12.9 Å². The number of nitrogens with zero attached hydrogens (tertiary/aromatic N) is 1. The molecule has 1 aromatic heterocycles. The highest BCUT2D eigenvalue weighted by atomic mass is 14.7. The highest BCUT2D eigenvalue weighted by molar-refractivity contribution is 6.38. The highest BCUT2D eigenvalue weighted by Crippen LogP contribution is 2.52. The average molecular weight is 353 g/mol. The summed E-state index contributed by atoms with van der Waals surface area (Å²) < 4.78 is 0. The maximum atomic E-state index is 5.19. The van der Waals surface area contributed by atoms with Crippen LogP contribution in [0.15, 0.2) is 66.7 Å². The van der Waals surface area contributed by atoms with Crippen LogP contribution >= 0.6 is 0 Å². The zero-order valence-electron chi connectivity index (χ0n) is 15.2. The maximum absolute atomic E-state index is 5.19. The summed E-state index contributed by atoms with van der Waals surface area (Å²) in [5.41, 5.74) is 9.37. The van der Waals surface area contributed by atoms with Crippen molar-refractivity contribution in [2.75, 3.05) is 0 Å². The van der Waals surface area contributed by atoms with Crippen LogP contribution in [0.3, 0.4) is 0 Å². The molecular weight excluding hydrogens is 338 g/mol. The molecule has 0 radical (unpaired) electrons. The van der Waals surface area contributed by atoms with Crippen molar-refractivity contribution in [3.05, 3.63) is 89.0 Å². The van der Waals surface area contributed by atoms with E-state index in [0.29, 0.717) is 0 Å². The Balaban J connectivity index is 1.75. The highest BCUT2D eigenvalue weighted by Gasteiger charge is 2.29. The van der Waals surface area contributed by atoms with E-state index >= 15 is 0 Å². The summed E-state index contributed by atoms with van der Waals surface area (Å²) in [5.74, 6) is 0. The van der Waals surface area contributed by atoms with Gasteiger partial charge in [0.2, 0.25) is 0 Å². The van der Waals surface area contributed by atoms with Crippen molar-refractivity contribution in [3.63, 3.8) is 0 Å². The molecule has 0 saturated heterocycles. The molecule has 0 amide bonds. The number of aromatic nitrogens is 1. The average Bonchev–Trinajstić information content (AvgIpc) is 3.31. The third kappa shape index (κ3) is 1.37. The molecule has 0 fully saturated rings. The summed E-state index contributed by atoms with van der Waals surface area (Å²) >= 11 is 0. The molecule has 6 aromatic rings. The molecule has 1 heterocycles. The van der Waals surface area contributed by atoms with E-state index < -0.39 is 0 Å². The van der Waals surface area contributed by atoms with Gasteiger partial charge in [0.25, 0.3) is 0 Å². The van der Waals surface area contributed by atoms with Crippen molar-refractivity contribution in [3.8, 4) is 11.3 Å². The van der Waals surface area contributed by atoms with E-state index in [2.05, 4.69) is 66.7 Å². The summed E-state index contributed by atoms with van der Waals surface area (Å²) in [6, 6.07) is 24.6. The van der Waals surface area contributed by atoms with E-state index in [4.69, 9.17) is 4.98 Å². The second-order valence-corrected chi connectivity index (χ2v) is 8.33. The smallest absolute Gasteiger partial charge is 0.0788 e. The first-order chi connectivity index (χ1) is 13.9. The summed E-state index contributed by atoms with van der Waals surface area (Å²) in [6.07, 6.45) is 2.11. The van der Waals surface area contributed by atoms with E-state index in [1.165, 1.54) is 65.5 Å². The summed E-state index contributed by atoms with van der Waals surface area (Å²) in [6.45, 7) is 0. The van der Waals surface area contributed by atoms with Crippen LogP contribution in [-0.4, -0.2) is 4.98 Å². The van der Waals surface area contributed by atoms with E-state index in [0.717, 1.165) is 24.1 Å². The molecule has 8 rings (SSSR count). The lowest BCUT2D eigenvalue weighted by molar-refractivity contribution is 1.24. The van der Waals surface area contributed by atoms with Gasteiger partial charge in [-0.3, -0.25) is 0 Å². The van der Waals surface area contributed by atoms with Gasteiger partial charge in [-0.25, -0.2) is 4.98 Å². The Kier molecular flexibility index (Phi) is 2.12. The second-order valence-electron chi connectivity index (χ2n) is 8.33. The molecular formula is C27H15N. The SMILES string of the molecule is c1ccc(-c2nc3ccc4c5c6c(ccc7c6c6c(ccc2c6c35)C7)C4)cc1. The zero-order chi connectivity index (χ0) is 18.0. The minimum absolute atomic E-state index is 1.05. The first-order valence-electron chi connectivity index (χ1n) is 10.0. The van der Waals surface area contributed by atoms with Crippen LogP contribution in [-0.2, 0) is 12.8 Å². The molecule has 2 aliphatic carbocycles. The first-order valence-corrected chi connectivity index (χ1v) is 10.0. The normalized spacial score (nSPS) is 14.1. The summed E-state index contributed by atoms with van der Waals surface area (Å²) in [5, 5.41) is 10.1. The van der Waals surface area contributed by atoms with Crippen LogP contribution in [0, 0.1) is 0 Å². The van der Waals surface area contributed by atoms with E-state index in [1.807, 2.05) is 0 Å². The van der Waals surface area contributed by atoms with Gasteiger partial charge in [0.1, 0.15) is 0 Å². The number of pyridine rings is 1. The van der Waals surface area contributed by atoms with Crippen molar-refractivity contribution < 1.29 is 0 Å². The summed E-state index contributed by atoms with van der Waals surface area (Å²) in [7, 11) is 0.